The molecule has 1 saturated heterocycles. The molecule has 5 aliphatic heterocycles. The number of aliphatic hydroxyl groups is 1. The van der Waals surface area contributed by atoms with E-state index in [1.54, 1.807) is 7.11 Å². The third kappa shape index (κ3) is 5.02. The fourth-order valence-corrected chi connectivity index (χ4v) is 12.6. The minimum absolute atomic E-state index is 0.00417. The van der Waals surface area contributed by atoms with Gasteiger partial charge in [0.1, 0.15) is 11.2 Å². The zero-order valence-electron chi connectivity index (χ0n) is 34.5. The predicted octanol–water partition coefficient (Wildman–Crippen LogP) is 4.34. The van der Waals surface area contributed by atoms with Gasteiger partial charge in [-0.25, -0.2) is 4.79 Å². The van der Waals surface area contributed by atoms with Gasteiger partial charge in [-0.3, -0.25) is 19.4 Å². The number of nitrogen functional groups attached to an aromatic ring is 1. The van der Waals surface area contributed by atoms with Gasteiger partial charge in [-0.05, 0) is 73.5 Å². The topological polar surface area (TPSA) is 160 Å². The van der Waals surface area contributed by atoms with Crippen molar-refractivity contribution < 1.29 is 38.4 Å². The quantitative estimate of drug-likeness (QED) is 0.135. The van der Waals surface area contributed by atoms with Crippen molar-refractivity contribution in [2.45, 2.75) is 87.6 Å². The molecule has 13 heteroatoms. The first-order valence-electron chi connectivity index (χ1n) is 20.6. The summed E-state index contributed by atoms with van der Waals surface area (Å²) in [4.78, 5) is 53.0. The fraction of sp³-hybridized carbons (Fsp3) is 0.533. The average molecular weight is 794 g/mol. The molecule has 9 atom stereocenters. The second kappa shape index (κ2) is 13.6. The zero-order chi connectivity index (χ0) is 41.1. The third-order valence-electron chi connectivity index (χ3n) is 14.7. The highest BCUT2D eigenvalue weighted by atomic mass is 16.6. The van der Waals surface area contributed by atoms with E-state index in [1.165, 1.54) is 26.7 Å². The second-order valence-electron chi connectivity index (χ2n) is 17.3. The Kier molecular flexibility index (Phi) is 9.07. The van der Waals surface area contributed by atoms with E-state index in [9.17, 15) is 14.7 Å². The van der Waals surface area contributed by atoms with Crippen molar-refractivity contribution in [3.8, 4) is 5.75 Å². The molecule has 1 saturated carbocycles. The predicted molar refractivity (Wildman–Crippen MR) is 218 cm³/mol. The summed E-state index contributed by atoms with van der Waals surface area (Å²) in [6, 6.07) is 8.74. The summed E-state index contributed by atoms with van der Waals surface area (Å²) < 4.78 is 23.8. The third-order valence-corrected chi connectivity index (χ3v) is 14.7. The van der Waals surface area contributed by atoms with Crippen LogP contribution in [0.15, 0.2) is 53.6 Å². The molecule has 2 aromatic carbocycles. The molecule has 9 rings (SSSR count). The van der Waals surface area contributed by atoms with Gasteiger partial charge in [0, 0.05) is 97.1 Å². The number of hydrogen-bond acceptors (Lipinski definition) is 12. The van der Waals surface area contributed by atoms with Crippen molar-refractivity contribution >= 4 is 40.2 Å². The van der Waals surface area contributed by atoms with Gasteiger partial charge in [-0.15, -0.1) is 0 Å². The van der Waals surface area contributed by atoms with Crippen LogP contribution in [0.5, 0.6) is 5.75 Å². The van der Waals surface area contributed by atoms with Crippen LogP contribution < -0.4 is 15.4 Å². The molecule has 0 radical (unpaired) electrons. The number of H-pyrrole nitrogens is 1. The summed E-state index contributed by atoms with van der Waals surface area (Å²) in [5.41, 5.74) is 9.81. The van der Waals surface area contributed by atoms with Crippen LogP contribution in [0.25, 0.3) is 10.9 Å². The van der Waals surface area contributed by atoms with E-state index < -0.39 is 52.4 Å². The summed E-state index contributed by atoms with van der Waals surface area (Å²) in [6.45, 7) is 9.11. The van der Waals surface area contributed by atoms with E-state index in [2.05, 4.69) is 46.8 Å². The first-order chi connectivity index (χ1) is 27.8. The number of aromatic amines is 1. The molecule has 4 N–H and O–H groups in total. The first-order valence-corrected chi connectivity index (χ1v) is 20.6. The molecule has 6 heterocycles. The lowest BCUT2D eigenvalue weighted by atomic mass is 9.52. The molecule has 2 bridgehead atoms. The van der Waals surface area contributed by atoms with Gasteiger partial charge in [0.05, 0.1) is 27.4 Å². The lowest BCUT2D eigenvalue weighted by Gasteiger charge is -2.59. The number of benzene rings is 2. The molecule has 6 aliphatic rings. The van der Waals surface area contributed by atoms with Crippen molar-refractivity contribution in [1.82, 2.24) is 14.8 Å². The highest BCUT2D eigenvalue weighted by molar-refractivity contribution is 5.95. The molecule has 308 valence electrons. The number of methoxy groups -OCH3 is 3. The Hall–Kier alpha value is -4.85. The number of esters is 3. The monoisotopic (exact) mass is 793 g/mol. The van der Waals surface area contributed by atoms with Crippen molar-refractivity contribution in [2.75, 3.05) is 65.2 Å². The van der Waals surface area contributed by atoms with Gasteiger partial charge < -0.3 is 39.7 Å². The number of nitrogens with one attached hydrogen (secondary N) is 1. The fourth-order valence-electron chi connectivity index (χ4n) is 12.6. The Labute approximate surface area is 339 Å². The summed E-state index contributed by atoms with van der Waals surface area (Å²) in [5.74, 6) is -1.89. The molecule has 3 aromatic rings. The Morgan fingerprint density at radius 2 is 1.79 bits per heavy atom. The number of fused-ring (bicyclic) bond motifs is 6. The van der Waals surface area contributed by atoms with Crippen LogP contribution in [0.2, 0.25) is 0 Å². The Morgan fingerprint density at radius 3 is 2.48 bits per heavy atom. The number of rotatable bonds is 7. The highest BCUT2D eigenvalue weighted by Crippen LogP contribution is 2.65. The maximum atomic E-state index is 15.2. The van der Waals surface area contributed by atoms with Gasteiger partial charge in [0.25, 0.3) is 0 Å². The summed E-state index contributed by atoms with van der Waals surface area (Å²) in [7, 11) is 6.19. The van der Waals surface area contributed by atoms with Gasteiger partial charge in [-0.2, -0.15) is 0 Å². The molecule has 58 heavy (non-hydrogen) atoms. The maximum Gasteiger partial charge on any atom is 0.344 e. The maximum absolute atomic E-state index is 15.2. The largest absolute Gasteiger partial charge is 0.496 e. The Balaban J connectivity index is 1.36. The van der Waals surface area contributed by atoms with Crippen LogP contribution in [0.4, 0.5) is 11.4 Å². The molecular formula is C45H55N5O8. The smallest absolute Gasteiger partial charge is 0.344 e. The molecule has 13 nitrogen and oxygen atoms in total. The number of nitrogens with two attached hydrogens (primary N) is 1. The van der Waals surface area contributed by atoms with E-state index in [1.807, 2.05) is 36.2 Å². The summed E-state index contributed by atoms with van der Waals surface area (Å²) >= 11 is 0. The highest BCUT2D eigenvalue weighted by Gasteiger charge is 2.77. The molecular weight excluding hydrogens is 739 g/mol. The van der Waals surface area contributed by atoms with Crippen LogP contribution in [0.3, 0.4) is 0 Å². The minimum atomic E-state index is -2.26. The van der Waals surface area contributed by atoms with Gasteiger partial charge in [-0.1, -0.05) is 37.1 Å². The number of hydrogen-bond donors (Lipinski definition) is 3. The standard InChI is InChI=1S/C45H55N5O8/c1-8-25-16-26-20-44(41(52)56-6,37-30(23-49(21-25)22-26)29-17-28(46)10-11-33(29)47-37)32-18-31-34(19-35(32)55-5)48(4)40-43(31)13-15-50-14-12-27(9-2)36(38(43)50)39(58-24(3)51)45(40,54)42(53)57-7/h10-12,16-19,26,36,38-40,47,54H,8-9,13-15,20-23,46H2,1-7H3/t26-,36?,38+,39-,40-,43-,44+,45-/m1/s1. The molecule has 0 amide bonds. The molecule has 1 aliphatic carbocycles. The normalized spacial score (nSPS) is 33.4. The number of aromatic nitrogens is 1. The van der Waals surface area contributed by atoms with E-state index in [-0.39, 0.29) is 12.0 Å². The van der Waals surface area contributed by atoms with E-state index in [0.29, 0.717) is 55.9 Å². The number of anilines is 2. The second-order valence-corrected chi connectivity index (χ2v) is 17.3. The number of likely N-dealkylation sites (N-methyl/N-ethyl adjacent to an activating group) is 1. The molecule has 1 aromatic heterocycles. The minimum Gasteiger partial charge on any atom is -0.496 e. The van der Waals surface area contributed by atoms with Crippen molar-refractivity contribution in [3.63, 3.8) is 0 Å². The van der Waals surface area contributed by atoms with Crippen LogP contribution in [0.1, 0.15) is 68.8 Å². The van der Waals surface area contributed by atoms with Crippen molar-refractivity contribution in [3.05, 3.63) is 76.0 Å². The summed E-state index contributed by atoms with van der Waals surface area (Å²) in [6.07, 6.45) is 5.83. The van der Waals surface area contributed by atoms with E-state index in [0.717, 1.165) is 58.5 Å². The lowest BCUT2D eigenvalue weighted by molar-refractivity contribution is -0.212. The van der Waals surface area contributed by atoms with E-state index >= 15 is 4.79 Å². The first kappa shape index (κ1) is 38.7. The van der Waals surface area contributed by atoms with Crippen LogP contribution in [-0.2, 0) is 46.0 Å². The lowest BCUT2D eigenvalue weighted by Crippen LogP contribution is -2.78. The Morgan fingerprint density at radius 1 is 1.02 bits per heavy atom. The van der Waals surface area contributed by atoms with Crippen LogP contribution >= 0.6 is 0 Å². The number of carbonyl (C=O) groups is 3. The van der Waals surface area contributed by atoms with Crippen molar-refractivity contribution in [1.29, 1.82) is 0 Å². The SMILES string of the molecule is CCC1=C[C@H]2CN(C1)Cc1c([nH]c3ccc(N)cc13)[C@@](C(=O)OC)(c1cc3c(cc1OC)N(C)[C@H]1[C@@](O)(C(=O)OC)[C@H](OC(C)=O)C4C(CC)=CCN5CC[C@]31[C@H]45)C2. The van der Waals surface area contributed by atoms with Gasteiger partial charge in [0.2, 0.25) is 5.60 Å². The van der Waals surface area contributed by atoms with Crippen LogP contribution in [0, 0.1) is 11.8 Å². The number of carbonyl (C=O) groups excluding carboxylic acids is 3. The van der Waals surface area contributed by atoms with Gasteiger partial charge in [0.15, 0.2) is 6.10 Å². The van der Waals surface area contributed by atoms with E-state index in [4.69, 9.17) is 24.7 Å². The summed E-state index contributed by atoms with van der Waals surface area (Å²) in [5, 5.41) is 14.2. The average Bonchev–Trinajstić information content (AvgIpc) is 3.86. The number of ether oxygens (including phenoxy) is 4. The van der Waals surface area contributed by atoms with Crippen molar-refractivity contribution in [2.24, 2.45) is 11.8 Å². The van der Waals surface area contributed by atoms with Gasteiger partial charge >= 0.3 is 17.9 Å². The van der Waals surface area contributed by atoms with Crippen LogP contribution in [-0.4, -0.2) is 116 Å². The molecule has 1 spiro atoms. The number of nitrogens with zero attached hydrogens (tertiary/aromatic N) is 3. The molecule has 2 fully saturated rings. The Bertz CT molecular complexity index is 2300. The zero-order valence-corrected chi connectivity index (χ0v) is 34.5. The molecule has 2 unspecified atom stereocenters.